The van der Waals surface area contributed by atoms with Gasteiger partial charge in [0.15, 0.2) is 0 Å². The van der Waals surface area contributed by atoms with Crippen molar-refractivity contribution in [2.24, 2.45) is 0 Å². The van der Waals surface area contributed by atoms with Crippen molar-refractivity contribution >= 4 is 35.0 Å². The normalized spacial score (nSPS) is 16.6. The van der Waals surface area contributed by atoms with E-state index in [1.165, 1.54) is 4.90 Å². The number of hydrogen-bond donors (Lipinski definition) is 3. The Morgan fingerprint density at radius 2 is 1.92 bits per heavy atom. The molecule has 0 bridgehead atoms. The van der Waals surface area contributed by atoms with Crippen molar-refractivity contribution in [3.8, 4) is 16.9 Å². The average molecular weight is 529 g/mol. The predicted molar refractivity (Wildman–Crippen MR) is 156 cm³/mol. The molecule has 0 radical (unpaired) electrons. The maximum Gasteiger partial charge on any atom is 0.407 e. The van der Waals surface area contributed by atoms with E-state index in [1.54, 1.807) is 0 Å². The van der Waals surface area contributed by atoms with Crippen molar-refractivity contribution in [2.45, 2.75) is 32.2 Å². The van der Waals surface area contributed by atoms with E-state index in [0.29, 0.717) is 25.3 Å². The van der Waals surface area contributed by atoms with Crippen LogP contribution in [0.4, 0.5) is 16.2 Å². The summed E-state index contributed by atoms with van der Waals surface area (Å²) in [6.45, 7) is 4.74. The van der Waals surface area contributed by atoms with Crippen LogP contribution < -0.4 is 15.4 Å². The van der Waals surface area contributed by atoms with Crippen molar-refractivity contribution in [1.29, 1.82) is 0 Å². The summed E-state index contributed by atoms with van der Waals surface area (Å²) in [4.78, 5) is 27.8. The number of benzene rings is 1. The summed E-state index contributed by atoms with van der Waals surface area (Å²) in [7, 11) is 4.12. The molecule has 3 N–H and O–H groups in total. The molecule has 204 valence electrons. The highest BCUT2D eigenvalue weighted by molar-refractivity contribution is 6.35. The summed E-state index contributed by atoms with van der Waals surface area (Å²) < 4.78 is 6.20. The van der Waals surface area contributed by atoms with Gasteiger partial charge in [0.25, 0.3) is 5.91 Å². The molecule has 1 aromatic rings. The molecule has 0 saturated carbocycles. The third-order valence-electron chi connectivity index (χ3n) is 7.46. The number of rotatable bonds is 8. The minimum atomic E-state index is -0.863. The lowest BCUT2D eigenvalue weighted by Crippen LogP contribution is -2.41. The minimum absolute atomic E-state index is 0.121. The maximum atomic E-state index is 13.0. The Morgan fingerprint density at radius 3 is 2.67 bits per heavy atom. The van der Waals surface area contributed by atoms with E-state index in [1.807, 2.05) is 42.5 Å². The molecule has 2 aliphatic heterocycles. The van der Waals surface area contributed by atoms with Gasteiger partial charge in [0.1, 0.15) is 5.75 Å². The molecule has 1 fully saturated rings. The number of nitrogens with zero attached hydrogens (tertiary/aromatic N) is 2. The summed E-state index contributed by atoms with van der Waals surface area (Å²) in [5, 5.41) is 15.7. The van der Waals surface area contributed by atoms with Gasteiger partial charge in [0, 0.05) is 48.1 Å². The Bertz CT molecular complexity index is 1370. The largest absolute Gasteiger partial charge is 0.493 e. The summed E-state index contributed by atoms with van der Waals surface area (Å²) in [5.41, 5.74) is 7.44. The second kappa shape index (κ2) is 11.4. The number of piperidine rings is 1. The second-order valence-electron chi connectivity index (χ2n) is 10.6. The summed E-state index contributed by atoms with van der Waals surface area (Å²) in [6, 6.07) is 16.4. The lowest BCUT2D eigenvalue weighted by atomic mass is 10.0. The lowest BCUT2D eigenvalue weighted by Gasteiger charge is -2.31. The number of carbonyl (C=O) groups is 2. The fourth-order valence-corrected chi connectivity index (χ4v) is 5.46. The first kappa shape index (κ1) is 26.6. The van der Waals surface area contributed by atoms with E-state index >= 15 is 0 Å². The lowest BCUT2D eigenvalue weighted by molar-refractivity contribution is -0.110. The molecule has 2 aliphatic carbocycles. The van der Waals surface area contributed by atoms with E-state index in [4.69, 9.17) is 4.74 Å². The molecule has 39 heavy (non-hydrogen) atoms. The van der Waals surface area contributed by atoms with Crippen molar-refractivity contribution in [1.82, 2.24) is 9.80 Å². The van der Waals surface area contributed by atoms with E-state index < -0.39 is 6.09 Å². The molecule has 8 heteroatoms. The molecule has 2 amide bonds. The Labute approximate surface area is 229 Å². The third kappa shape index (κ3) is 5.86. The number of anilines is 2. The van der Waals surface area contributed by atoms with Gasteiger partial charge in [-0.15, -0.1) is 0 Å². The highest BCUT2D eigenvalue weighted by Crippen LogP contribution is 2.42. The molecule has 1 saturated heterocycles. The van der Waals surface area contributed by atoms with Crippen LogP contribution in [0.5, 0.6) is 5.75 Å². The molecule has 5 rings (SSSR count). The number of ether oxygens (including phenoxy) is 1. The molecule has 2 heterocycles. The molecule has 8 nitrogen and oxygen atoms in total. The zero-order valence-electron chi connectivity index (χ0n) is 22.8. The number of nitrogens with one attached hydrogen (secondary N) is 2. The van der Waals surface area contributed by atoms with Crippen molar-refractivity contribution < 1.29 is 19.4 Å². The number of fused-ring (bicyclic) bond motifs is 2. The molecular weight excluding hydrogens is 492 g/mol. The Balaban J connectivity index is 1.35. The van der Waals surface area contributed by atoms with E-state index in [9.17, 15) is 14.7 Å². The van der Waals surface area contributed by atoms with Gasteiger partial charge >= 0.3 is 6.09 Å². The van der Waals surface area contributed by atoms with Gasteiger partial charge in [-0.05, 0) is 81.2 Å². The number of hydrogen-bond acceptors (Lipinski definition) is 5. The fraction of sp³-hybridized carbons (Fsp3) is 0.355. The van der Waals surface area contributed by atoms with Gasteiger partial charge in [0.05, 0.1) is 12.3 Å². The van der Waals surface area contributed by atoms with Gasteiger partial charge in [-0.25, -0.2) is 4.79 Å². The first-order valence-electron chi connectivity index (χ1n) is 13.5. The van der Waals surface area contributed by atoms with Crippen LogP contribution in [0.15, 0.2) is 48.5 Å². The highest BCUT2D eigenvalue weighted by atomic mass is 16.5. The van der Waals surface area contributed by atoms with Crippen LogP contribution in [0.2, 0.25) is 0 Å². The highest BCUT2D eigenvalue weighted by Gasteiger charge is 2.27. The molecule has 0 spiro atoms. The van der Waals surface area contributed by atoms with Crippen LogP contribution in [0, 0.1) is 6.92 Å². The topological polar surface area (TPSA) is 94.1 Å². The smallest absolute Gasteiger partial charge is 0.407 e. The van der Waals surface area contributed by atoms with E-state index in [2.05, 4.69) is 48.7 Å². The van der Waals surface area contributed by atoms with Gasteiger partial charge in [-0.2, -0.15) is 0 Å². The molecule has 0 aromatic heterocycles. The van der Waals surface area contributed by atoms with E-state index in [-0.39, 0.29) is 11.9 Å². The standard InChI is InChI=1S/C31H36N4O4/c1-20-17-21(24-7-4-5-8-28(29(20)24)39-16-6-13-34(2)3)18-26-25-10-9-23(19-27(25)33-30(26)36)32-22-11-14-35(15-12-22)31(37)38/h4-5,7-10,17-19,22,32H,6,11-16H2,1-3H3,(H,33,36)(H,37,38). The van der Waals surface area contributed by atoms with Crippen molar-refractivity contribution in [3.05, 3.63) is 65.2 Å². The number of carboxylic acid groups (broad SMARTS) is 1. The van der Waals surface area contributed by atoms with E-state index in [0.717, 1.165) is 70.7 Å². The first-order valence-corrected chi connectivity index (χ1v) is 13.5. The Hall–Kier alpha value is -4.04. The summed E-state index contributed by atoms with van der Waals surface area (Å²) >= 11 is 0. The molecule has 0 unspecified atom stereocenters. The Morgan fingerprint density at radius 1 is 1.15 bits per heavy atom. The second-order valence-corrected chi connectivity index (χ2v) is 10.6. The van der Waals surface area contributed by atoms with Gasteiger partial charge in [0.2, 0.25) is 0 Å². The van der Waals surface area contributed by atoms with Gasteiger partial charge in [-0.3, -0.25) is 4.79 Å². The van der Waals surface area contributed by atoms with Crippen LogP contribution in [-0.2, 0) is 4.79 Å². The van der Waals surface area contributed by atoms with Gasteiger partial charge in [-0.1, -0.05) is 30.3 Å². The SMILES string of the molecule is Cc1cc(C=C2C(=O)Nc3cc(NC4CCN(C(=O)O)CC4)ccc32)c2ccccc(OCCCN(C)C)c1-2. The minimum Gasteiger partial charge on any atom is -0.493 e. The average Bonchev–Trinajstić information content (AvgIpc) is 3.27. The number of amides is 2. The van der Waals surface area contributed by atoms with Crippen LogP contribution in [0.1, 0.15) is 36.0 Å². The summed E-state index contributed by atoms with van der Waals surface area (Å²) in [6.07, 6.45) is 3.56. The summed E-state index contributed by atoms with van der Waals surface area (Å²) in [5.74, 6) is 0.737. The van der Waals surface area contributed by atoms with Crippen LogP contribution >= 0.6 is 0 Å². The zero-order valence-corrected chi connectivity index (χ0v) is 22.8. The number of aryl methyl sites for hydroxylation is 1. The molecule has 0 atom stereocenters. The maximum absolute atomic E-state index is 13.0. The Kier molecular flexibility index (Phi) is 7.74. The van der Waals surface area contributed by atoms with Crippen LogP contribution in [0.25, 0.3) is 22.8 Å². The molecular formula is C31H36N4O4. The quantitative estimate of drug-likeness (QED) is 0.265. The van der Waals surface area contributed by atoms with Gasteiger partial charge < -0.3 is 30.3 Å². The zero-order chi connectivity index (χ0) is 27.5. The predicted octanol–water partition coefficient (Wildman–Crippen LogP) is 5.48. The third-order valence-corrected chi connectivity index (χ3v) is 7.46. The van der Waals surface area contributed by atoms with Crippen molar-refractivity contribution in [2.75, 3.05) is 51.0 Å². The van der Waals surface area contributed by atoms with Crippen LogP contribution in [0.3, 0.4) is 0 Å². The van der Waals surface area contributed by atoms with Crippen LogP contribution in [-0.4, -0.2) is 73.3 Å². The van der Waals surface area contributed by atoms with Crippen molar-refractivity contribution in [3.63, 3.8) is 0 Å². The number of carbonyl (C=O) groups excluding carboxylic acids is 1. The fourth-order valence-electron chi connectivity index (χ4n) is 5.46. The molecule has 1 aromatic carbocycles. The first-order chi connectivity index (χ1) is 18.8. The molecule has 4 aliphatic rings. The monoisotopic (exact) mass is 528 g/mol. The number of likely N-dealkylation sites (tertiary alicyclic amines) is 1.